The maximum atomic E-state index is 12.2. The number of hydrogen-bond donors (Lipinski definition) is 1. The van der Waals surface area contributed by atoms with Crippen LogP contribution in [0.1, 0.15) is 36.0 Å². The van der Waals surface area contributed by atoms with Crippen molar-refractivity contribution in [1.29, 1.82) is 5.26 Å². The molecule has 0 unspecified atom stereocenters. The normalized spacial score (nSPS) is 27.8. The molecule has 0 bridgehead atoms. The Bertz CT molecular complexity index is 638. The maximum Gasteiger partial charge on any atom is 0.223 e. The average molecular weight is 305 g/mol. The molecule has 0 spiro atoms. The molecule has 1 aliphatic carbocycles. The molecule has 2 aliphatic rings. The number of nitrogens with zero attached hydrogens (tertiary/aromatic N) is 2. The van der Waals surface area contributed by atoms with Gasteiger partial charge in [-0.15, -0.1) is 0 Å². The molecule has 1 heterocycles. The van der Waals surface area contributed by atoms with E-state index in [1.165, 1.54) is 0 Å². The third-order valence-electron chi connectivity index (χ3n) is 4.86. The standard InChI is InChI=1S/C16H17ClN2O2/c1-9-10(2-3-13(17)12(9)7-18)8-19-14-4-5-15(20)11(14)6-16(19)21/h2-3,11,14-15,20H,4-6,8H2,1H3/t11-,14-,15+/m0/s1. The molecule has 1 saturated carbocycles. The zero-order chi connectivity index (χ0) is 15.1. The number of carbonyl (C=O) groups excluding carboxylic acids is 1. The second kappa shape index (κ2) is 5.32. The largest absolute Gasteiger partial charge is 0.393 e. The first-order valence-electron chi connectivity index (χ1n) is 7.18. The maximum absolute atomic E-state index is 12.2. The molecular weight excluding hydrogens is 288 g/mol. The van der Waals surface area contributed by atoms with Crippen molar-refractivity contribution in [1.82, 2.24) is 4.90 Å². The van der Waals surface area contributed by atoms with E-state index in [1.807, 2.05) is 17.9 Å². The molecule has 1 aromatic carbocycles. The summed E-state index contributed by atoms with van der Waals surface area (Å²) in [6, 6.07) is 5.84. The molecule has 3 atom stereocenters. The summed E-state index contributed by atoms with van der Waals surface area (Å²) in [5.41, 5.74) is 2.26. The van der Waals surface area contributed by atoms with E-state index in [0.717, 1.165) is 24.0 Å². The summed E-state index contributed by atoms with van der Waals surface area (Å²) in [4.78, 5) is 14.1. The van der Waals surface area contributed by atoms with Crippen molar-refractivity contribution < 1.29 is 9.90 Å². The zero-order valence-electron chi connectivity index (χ0n) is 11.8. The number of aliphatic hydroxyl groups excluding tert-OH is 1. The van der Waals surface area contributed by atoms with E-state index < -0.39 is 0 Å². The molecule has 0 aromatic heterocycles. The smallest absolute Gasteiger partial charge is 0.223 e. The lowest BCUT2D eigenvalue weighted by atomic mass is 10.0. The minimum absolute atomic E-state index is 0.0699. The minimum atomic E-state index is -0.357. The first-order chi connectivity index (χ1) is 10.0. The Morgan fingerprint density at radius 1 is 1.48 bits per heavy atom. The summed E-state index contributed by atoms with van der Waals surface area (Å²) < 4.78 is 0. The number of likely N-dealkylation sites (tertiary alicyclic amines) is 1. The molecule has 1 amide bonds. The van der Waals surface area contributed by atoms with Crippen molar-refractivity contribution in [2.75, 3.05) is 0 Å². The number of rotatable bonds is 2. The van der Waals surface area contributed by atoms with Gasteiger partial charge in [0.25, 0.3) is 0 Å². The summed E-state index contributed by atoms with van der Waals surface area (Å²) in [6.45, 7) is 2.35. The van der Waals surface area contributed by atoms with Crippen LogP contribution in [0.5, 0.6) is 0 Å². The summed E-state index contributed by atoms with van der Waals surface area (Å²) in [5.74, 6) is 0.164. The Kier molecular flexibility index (Phi) is 3.64. The lowest BCUT2D eigenvalue weighted by Gasteiger charge is -2.25. The van der Waals surface area contributed by atoms with Gasteiger partial charge < -0.3 is 10.0 Å². The van der Waals surface area contributed by atoms with Gasteiger partial charge in [-0.25, -0.2) is 0 Å². The first-order valence-corrected chi connectivity index (χ1v) is 7.56. The second-order valence-corrected chi connectivity index (χ2v) is 6.33. The highest BCUT2D eigenvalue weighted by Crippen LogP contribution is 2.40. The fraction of sp³-hybridized carbons (Fsp3) is 0.500. The van der Waals surface area contributed by atoms with Gasteiger partial charge in [-0.1, -0.05) is 17.7 Å². The van der Waals surface area contributed by atoms with Crippen molar-refractivity contribution in [3.63, 3.8) is 0 Å². The number of fused-ring (bicyclic) bond motifs is 1. The van der Waals surface area contributed by atoms with Gasteiger partial charge >= 0.3 is 0 Å². The van der Waals surface area contributed by atoms with E-state index in [9.17, 15) is 15.2 Å². The molecule has 1 aromatic rings. The number of aliphatic hydroxyl groups is 1. The van der Waals surface area contributed by atoms with Gasteiger partial charge in [-0.2, -0.15) is 5.26 Å². The number of nitriles is 1. The lowest BCUT2D eigenvalue weighted by Crippen LogP contribution is -2.33. The van der Waals surface area contributed by atoms with Crippen LogP contribution in [-0.2, 0) is 11.3 Å². The highest BCUT2D eigenvalue weighted by molar-refractivity contribution is 6.31. The Labute approximate surface area is 128 Å². The molecule has 1 saturated heterocycles. The van der Waals surface area contributed by atoms with Crippen LogP contribution in [0.2, 0.25) is 5.02 Å². The highest BCUT2D eigenvalue weighted by Gasteiger charge is 2.47. The summed E-state index contributed by atoms with van der Waals surface area (Å²) in [7, 11) is 0. The minimum Gasteiger partial charge on any atom is -0.393 e. The topological polar surface area (TPSA) is 64.3 Å². The van der Waals surface area contributed by atoms with Crippen LogP contribution in [0.15, 0.2) is 12.1 Å². The predicted octanol–water partition coefficient (Wildman–Crippen LogP) is 2.39. The van der Waals surface area contributed by atoms with Crippen LogP contribution in [0, 0.1) is 24.2 Å². The predicted molar refractivity (Wildman–Crippen MR) is 78.6 cm³/mol. The van der Waals surface area contributed by atoms with Crippen molar-refractivity contribution >= 4 is 17.5 Å². The van der Waals surface area contributed by atoms with Gasteiger partial charge in [0.2, 0.25) is 5.91 Å². The fourth-order valence-corrected chi connectivity index (χ4v) is 3.86. The molecule has 2 fully saturated rings. The Hall–Kier alpha value is -1.57. The van der Waals surface area contributed by atoms with E-state index in [1.54, 1.807) is 6.07 Å². The molecule has 1 N–H and O–H groups in total. The third kappa shape index (κ3) is 2.31. The average Bonchev–Trinajstić information content (AvgIpc) is 2.95. The van der Waals surface area contributed by atoms with E-state index in [2.05, 4.69) is 6.07 Å². The van der Waals surface area contributed by atoms with Gasteiger partial charge in [0.1, 0.15) is 6.07 Å². The molecular formula is C16H17ClN2O2. The van der Waals surface area contributed by atoms with E-state index in [4.69, 9.17) is 11.6 Å². The van der Waals surface area contributed by atoms with Gasteiger partial charge in [0.05, 0.1) is 16.7 Å². The van der Waals surface area contributed by atoms with E-state index in [0.29, 0.717) is 23.6 Å². The molecule has 0 radical (unpaired) electrons. The lowest BCUT2D eigenvalue weighted by molar-refractivity contribution is -0.129. The highest BCUT2D eigenvalue weighted by atomic mass is 35.5. The Morgan fingerprint density at radius 3 is 2.95 bits per heavy atom. The van der Waals surface area contributed by atoms with Gasteiger partial charge in [0, 0.05) is 24.9 Å². The number of benzene rings is 1. The molecule has 3 rings (SSSR count). The Morgan fingerprint density at radius 2 is 2.24 bits per heavy atom. The Balaban J connectivity index is 1.88. The van der Waals surface area contributed by atoms with Crippen molar-refractivity contribution in [2.24, 2.45) is 5.92 Å². The summed E-state index contributed by atoms with van der Waals surface area (Å²) in [5, 5.41) is 19.6. The molecule has 4 nitrogen and oxygen atoms in total. The number of carbonyl (C=O) groups is 1. The van der Waals surface area contributed by atoms with Crippen LogP contribution in [0.3, 0.4) is 0 Å². The van der Waals surface area contributed by atoms with Gasteiger partial charge in [-0.05, 0) is 37.0 Å². The van der Waals surface area contributed by atoms with Gasteiger partial charge in [0.15, 0.2) is 0 Å². The van der Waals surface area contributed by atoms with E-state index in [-0.39, 0.29) is 24.0 Å². The molecule has 21 heavy (non-hydrogen) atoms. The van der Waals surface area contributed by atoms with Crippen molar-refractivity contribution in [3.8, 4) is 6.07 Å². The van der Waals surface area contributed by atoms with Crippen molar-refractivity contribution in [3.05, 3.63) is 33.8 Å². The van der Waals surface area contributed by atoms with Crippen LogP contribution < -0.4 is 0 Å². The molecule has 110 valence electrons. The quantitative estimate of drug-likeness (QED) is 0.912. The van der Waals surface area contributed by atoms with Crippen LogP contribution in [0.4, 0.5) is 0 Å². The van der Waals surface area contributed by atoms with Crippen LogP contribution in [-0.4, -0.2) is 28.1 Å². The summed E-state index contributed by atoms with van der Waals surface area (Å²) >= 11 is 6.02. The fourth-order valence-electron chi connectivity index (χ4n) is 3.61. The van der Waals surface area contributed by atoms with E-state index >= 15 is 0 Å². The SMILES string of the molecule is Cc1c(CN2C(=O)C[C@@H]3[C@H](O)CC[C@@H]32)ccc(Cl)c1C#N. The first kappa shape index (κ1) is 14.4. The van der Waals surface area contributed by atoms with Gasteiger partial charge in [-0.3, -0.25) is 4.79 Å². The molecule has 1 aliphatic heterocycles. The number of halogens is 1. The number of amides is 1. The summed E-state index contributed by atoms with van der Waals surface area (Å²) in [6.07, 6.45) is 1.70. The van der Waals surface area contributed by atoms with Crippen LogP contribution in [0.25, 0.3) is 0 Å². The monoisotopic (exact) mass is 304 g/mol. The van der Waals surface area contributed by atoms with Crippen LogP contribution >= 0.6 is 11.6 Å². The zero-order valence-corrected chi connectivity index (χ0v) is 12.6. The number of hydrogen-bond acceptors (Lipinski definition) is 3. The molecule has 5 heteroatoms. The third-order valence-corrected chi connectivity index (χ3v) is 5.17. The van der Waals surface area contributed by atoms with Crippen molar-refractivity contribution in [2.45, 2.75) is 44.9 Å². The second-order valence-electron chi connectivity index (χ2n) is 5.92.